The molecular formula is C15H22FN3. The molecule has 0 atom stereocenters. The van der Waals surface area contributed by atoms with Crippen LogP contribution in [0.15, 0.2) is 23.2 Å². The van der Waals surface area contributed by atoms with Crippen LogP contribution in [-0.2, 0) is 6.42 Å². The van der Waals surface area contributed by atoms with Crippen LogP contribution in [0.4, 0.5) is 4.39 Å². The normalized spacial score (nSPS) is 15.4. The van der Waals surface area contributed by atoms with Gasteiger partial charge in [0.05, 0.1) is 0 Å². The molecule has 4 heteroatoms. The number of benzene rings is 1. The molecule has 0 unspecified atom stereocenters. The number of aliphatic imine (C=N–C) groups is 1. The van der Waals surface area contributed by atoms with Crippen molar-refractivity contribution >= 4 is 5.96 Å². The molecule has 0 heterocycles. The van der Waals surface area contributed by atoms with E-state index in [2.05, 4.69) is 15.6 Å². The summed E-state index contributed by atoms with van der Waals surface area (Å²) in [5.74, 6) is 1.51. The largest absolute Gasteiger partial charge is 0.356 e. The molecule has 19 heavy (non-hydrogen) atoms. The number of guanidine groups is 1. The maximum atomic E-state index is 13.0. The highest BCUT2D eigenvalue weighted by molar-refractivity contribution is 5.79. The topological polar surface area (TPSA) is 36.4 Å². The van der Waals surface area contributed by atoms with Gasteiger partial charge in [0.25, 0.3) is 0 Å². The van der Waals surface area contributed by atoms with E-state index in [9.17, 15) is 4.39 Å². The molecule has 0 amide bonds. The van der Waals surface area contributed by atoms with Gasteiger partial charge in [-0.05, 0) is 55.4 Å². The third kappa shape index (κ3) is 4.54. The van der Waals surface area contributed by atoms with Crippen LogP contribution in [-0.4, -0.2) is 26.1 Å². The maximum Gasteiger partial charge on any atom is 0.190 e. The molecule has 1 aromatic carbocycles. The second-order valence-electron chi connectivity index (χ2n) is 5.14. The second kappa shape index (κ2) is 6.55. The molecule has 1 saturated carbocycles. The van der Waals surface area contributed by atoms with Crippen molar-refractivity contribution < 1.29 is 4.39 Å². The Balaban J connectivity index is 1.74. The minimum atomic E-state index is -0.170. The average molecular weight is 263 g/mol. The number of rotatable bonds is 5. The Bertz CT molecular complexity index is 453. The molecule has 2 N–H and O–H groups in total. The van der Waals surface area contributed by atoms with Gasteiger partial charge in [-0.1, -0.05) is 6.07 Å². The standard InChI is InChI=1S/C15H22FN3/c1-11-9-14(16)6-5-13(11)7-8-18-15(17-2)19-10-12-3-4-12/h5-6,9,12H,3-4,7-8,10H2,1-2H3,(H2,17,18,19). The van der Waals surface area contributed by atoms with Gasteiger partial charge in [-0.2, -0.15) is 0 Å². The fraction of sp³-hybridized carbons (Fsp3) is 0.533. The fourth-order valence-corrected chi connectivity index (χ4v) is 2.04. The van der Waals surface area contributed by atoms with E-state index in [1.54, 1.807) is 13.1 Å². The Morgan fingerprint density at radius 3 is 2.79 bits per heavy atom. The summed E-state index contributed by atoms with van der Waals surface area (Å²) in [6, 6.07) is 4.95. The monoisotopic (exact) mass is 263 g/mol. The maximum absolute atomic E-state index is 13.0. The summed E-state index contributed by atoms with van der Waals surface area (Å²) >= 11 is 0. The third-order valence-corrected chi connectivity index (χ3v) is 3.47. The number of hydrogen-bond donors (Lipinski definition) is 2. The van der Waals surface area contributed by atoms with E-state index in [0.29, 0.717) is 0 Å². The van der Waals surface area contributed by atoms with Crippen LogP contribution in [0.2, 0.25) is 0 Å². The van der Waals surface area contributed by atoms with E-state index in [1.807, 2.05) is 13.0 Å². The van der Waals surface area contributed by atoms with Crippen LogP contribution in [0.1, 0.15) is 24.0 Å². The van der Waals surface area contributed by atoms with Crippen LogP contribution in [0.25, 0.3) is 0 Å². The molecule has 0 bridgehead atoms. The fourth-order valence-electron chi connectivity index (χ4n) is 2.04. The van der Waals surface area contributed by atoms with Crippen molar-refractivity contribution in [2.45, 2.75) is 26.2 Å². The SMILES string of the molecule is CN=C(NCCc1ccc(F)cc1C)NCC1CC1. The van der Waals surface area contributed by atoms with Crippen molar-refractivity contribution in [3.63, 3.8) is 0 Å². The summed E-state index contributed by atoms with van der Waals surface area (Å²) in [7, 11) is 1.78. The number of halogens is 1. The van der Waals surface area contributed by atoms with E-state index >= 15 is 0 Å². The molecule has 2 rings (SSSR count). The quantitative estimate of drug-likeness (QED) is 0.631. The van der Waals surface area contributed by atoms with Crippen LogP contribution >= 0.6 is 0 Å². The summed E-state index contributed by atoms with van der Waals surface area (Å²) in [5, 5.41) is 6.61. The first-order chi connectivity index (χ1) is 9.19. The highest BCUT2D eigenvalue weighted by Crippen LogP contribution is 2.27. The summed E-state index contributed by atoms with van der Waals surface area (Å²) in [6.45, 7) is 3.75. The highest BCUT2D eigenvalue weighted by atomic mass is 19.1. The Hall–Kier alpha value is -1.58. The first-order valence-electron chi connectivity index (χ1n) is 6.88. The Labute approximate surface area is 114 Å². The van der Waals surface area contributed by atoms with E-state index in [0.717, 1.165) is 37.0 Å². The minimum Gasteiger partial charge on any atom is -0.356 e. The van der Waals surface area contributed by atoms with Gasteiger partial charge in [-0.25, -0.2) is 4.39 Å². The van der Waals surface area contributed by atoms with Gasteiger partial charge in [0.15, 0.2) is 5.96 Å². The van der Waals surface area contributed by atoms with Crippen molar-refractivity contribution in [1.82, 2.24) is 10.6 Å². The highest BCUT2D eigenvalue weighted by Gasteiger charge is 2.20. The Kier molecular flexibility index (Phi) is 4.77. The van der Waals surface area contributed by atoms with Crippen LogP contribution in [0.5, 0.6) is 0 Å². The molecule has 0 radical (unpaired) electrons. The molecule has 3 nitrogen and oxygen atoms in total. The predicted octanol–water partition coefficient (Wildman–Crippen LogP) is 2.25. The zero-order valence-corrected chi connectivity index (χ0v) is 11.7. The number of nitrogens with zero attached hydrogens (tertiary/aromatic N) is 1. The first-order valence-corrected chi connectivity index (χ1v) is 6.88. The Morgan fingerprint density at radius 1 is 1.37 bits per heavy atom. The summed E-state index contributed by atoms with van der Waals surface area (Å²) < 4.78 is 13.0. The molecule has 0 spiro atoms. The lowest BCUT2D eigenvalue weighted by atomic mass is 10.1. The third-order valence-electron chi connectivity index (χ3n) is 3.47. The van der Waals surface area contributed by atoms with Crippen LogP contribution in [0.3, 0.4) is 0 Å². The van der Waals surface area contributed by atoms with Gasteiger partial charge in [0.1, 0.15) is 5.82 Å². The summed E-state index contributed by atoms with van der Waals surface area (Å²) in [4.78, 5) is 4.19. The smallest absolute Gasteiger partial charge is 0.190 e. The molecule has 0 saturated heterocycles. The van der Waals surface area contributed by atoms with Crippen molar-refractivity contribution in [2.75, 3.05) is 20.1 Å². The first kappa shape index (κ1) is 13.8. The molecule has 0 aliphatic heterocycles. The van der Waals surface area contributed by atoms with Crippen molar-refractivity contribution in [1.29, 1.82) is 0 Å². The summed E-state index contributed by atoms with van der Waals surface area (Å²) in [6.07, 6.45) is 3.54. The number of aryl methyl sites for hydroxylation is 1. The van der Waals surface area contributed by atoms with E-state index in [-0.39, 0.29) is 5.82 Å². The van der Waals surface area contributed by atoms with E-state index < -0.39 is 0 Å². The van der Waals surface area contributed by atoms with Crippen LogP contribution < -0.4 is 10.6 Å². The van der Waals surface area contributed by atoms with Gasteiger partial charge < -0.3 is 10.6 Å². The zero-order valence-electron chi connectivity index (χ0n) is 11.7. The second-order valence-corrected chi connectivity index (χ2v) is 5.14. The lowest BCUT2D eigenvalue weighted by Crippen LogP contribution is -2.39. The average Bonchev–Trinajstić information content (AvgIpc) is 3.20. The molecule has 1 aliphatic carbocycles. The van der Waals surface area contributed by atoms with Crippen molar-refractivity contribution in [3.8, 4) is 0 Å². The number of hydrogen-bond acceptors (Lipinski definition) is 1. The van der Waals surface area contributed by atoms with Gasteiger partial charge in [0, 0.05) is 20.1 Å². The molecule has 1 aromatic rings. The molecule has 104 valence electrons. The lowest BCUT2D eigenvalue weighted by Gasteiger charge is -2.12. The predicted molar refractivity (Wildman–Crippen MR) is 76.9 cm³/mol. The minimum absolute atomic E-state index is 0.170. The van der Waals surface area contributed by atoms with Crippen molar-refractivity contribution in [2.24, 2.45) is 10.9 Å². The summed E-state index contributed by atoms with van der Waals surface area (Å²) in [5.41, 5.74) is 2.18. The lowest BCUT2D eigenvalue weighted by molar-refractivity contribution is 0.625. The zero-order chi connectivity index (χ0) is 13.7. The van der Waals surface area contributed by atoms with E-state index in [1.165, 1.54) is 24.5 Å². The Morgan fingerprint density at radius 2 is 2.16 bits per heavy atom. The molecule has 0 aromatic heterocycles. The van der Waals surface area contributed by atoms with Gasteiger partial charge in [-0.3, -0.25) is 4.99 Å². The van der Waals surface area contributed by atoms with Crippen LogP contribution in [0, 0.1) is 18.7 Å². The van der Waals surface area contributed by atoms with E-state index in [4.69, 9.17) is 0 Å². The van der Waals surface area contributed by atoms with Crippen molar-refractivity contribution in [3.05, 3.63) is 35.1 Å². The molecular weight excluding hydrogens is 241 g/mol. The van der Waals surface area contributed by atoms with Gasteiger partial charge in [-0.15, -0.1) is 0 Å². The molecule has 1 aliphatic rings. The molecule has 1 fully saturated rings. The van der Waals surface area contributed by atoms with Gasteiger partial charge >= 0.3 is 0 Å². The number of nitrogens with one attached hydrogen (secondary N) is 2. The van der Waals surface area contributed by atoms with Gasteiger partial charge in [0.2, 0.25) is 0 Å².